The predicted octanol–water partition coefficient (Wildman–Crippen LogP) is -0.761. The smallest absolute Gasteiger partial charge is 0.324 e. The quantitative estimate of drug-likeness (QED) is 0.629. The van der Waals surface area contributed by atoms with Crippen molar-refractivity contribution in [2.45, 2.75) is 13.0 Å². The highest BCUT2D eigenvalue weighted by Crippen LogP contribution is 2.00. The van der Waals surface area contributed by atoms with Gasteiger partial charge in [0.05, 0.1) is 6.54 Å². The van der Waals surface area contributed by atoms with Crippen LogP contribution in [0.3, 0.4) is 0 Å². The van der Waals surface area contributed by atoms with Crippen molar-refractivity contribution in [1.29, 1.82) is 0 Å². The Morgan fingerprint density at radius 1 is 1.56 bits per heavy atom. The number of nitrogens with one attached hydrogen (secondary N) is 1. The van der Waals surface area contributed by atoms with E-state index in [-0.39, 0.29) is 36.9 Å². The number of imide groups is 1. The third-order valence-corrected chi connectivity index (χ3v) is 2.71. The first-order chi connectivity index (χ1) is 7.06. The van der Waals surface area contributed by atoms with Gasteiger partial charge < -0.3 is 16.0 Å². The summed E-state index contributed by atoms with van der Waals surface area (Å²) in [5, 5.41) is 2.48. The Balaban J connectivity index is 0.00000225. The Morgan fingerprint density at radius 3 is 2.62 bits per heavy atom. The van der Waals surface area contributed by atoms with Crippen LogP contribution in [-0.4, -0.2) is 61.0 Å². The maximum Gasteiger partial charge on any atom is 0.324 e. The van der Waals surface area contributed by atoms with E-state index in [1.165, 1.54) is 4.90 Å². The molecule has 1 rings (SSSR count). The highest BCUT2D eigenvalue weighted by atomic mass is 35.5. The average Bonchev–Trinajstić information content (AvgIpc) is 2.54. The molecule has 0 aromatic heterocycles. The first kappa shape index (κ1) is 15.2. The summed E-state index contributed by atoms with van der Waals surface area (Å²) in [7, 11) is 1.93. The summed E-state index contributed by atoms with van der Waals surface area (Å²) in [4.78, 5) is 25.7. The van der Waals surface area contributed by atoms with E-state index in [4.69, 9.17) is 5.73 Å². The molecule has 0 aromatic carbocycles. The Kier molecular flexibility index (Phi) is 6.32. The molecule has 1 unspecified atom stereocenters. The summed E-state index contributed by atoms with van der Waals surface area (Å²) in [6.07, 6.45) is 0. The van der Waals surface area contributed by atoms with Crippen molar-refractivity contribution in [2.24, 2.45) is 5.73 Å². The molecule has 3 amide bonds. The van der Waals surface area contributed by atoms with Crippen LogP contribution in [0.25, 0.3) is 0 Å². The Bertz CT molecular complexity index is 246. The molecule has 0 aromatic rings. The van der Waals surface area contributed by atoms with E-state index in [0.717, 1.165) is 0 Å². The number of nitrogens with two attached hydrogens (primary N) is 1. The fraction of sp³-hybridized carbons (Fsp3) is 0.778. The second-order valence-corrected chi connectivity index (χ2v) is 3.77. The number of likely N-dealkylation sites (N-methyl/N-ethyl adjacent to an activating group) is 1. The number of amides is 3. The van der Waals surface area contributed by atoms with Gasteiger partial charge in [0.25, 0.3) is 0 Å². The first-order valence-corrected chi connectivity index (χ1v) is 5.04. The lowest BCUT2D eigenvalue weighted by Gasteiger charge is -2.24. The highest BCUT2D eigenvalue weighted by Gasteiger charge is 2.28. The van der Waals surface area contributed by atoms with Crippen molar-refractivity contribution < 1.29 is 9.59 Å². The van der Waals surface area contributed by atoms with E-state index in [2.05, 4.69) is 5.32 Å². The maximum atomic E-state index is 11.2. The second kappa shape index (κ2) is 6.67. The Hall–Kier alpha value is -0.850. The fourth-order valence-electron chi connectivity index (χ4n) is 1.34. The molecule has 0 bridgehead atoms. The minimum Gasteiger partial charge on any atom is -0.329 e. The number of hydrogen-bond donors (Lipinski definition) is 2. The third kappa shape index (κ3) is 3.62. The van der Waals surface area contributed by atoms with E-state index in [1.807, 2.05) is 18.9 Å². The lowest BCUT2D eigenvalue weighted by molar-refractivity contribution is -0.125. The standard InChI is InChI=1S/C9H18N4O2.ClH/c1-7(5-10)12(2)3-4-13-8(14)6-11-9(13)15;/h7H,3-6,10H2,1-2H3,(H,11,15);1H. The highest BCUT2D eigenvalue weighted by molar-refractivity contribution is 6.01. The summed E-state index contributed by atoms with van der Waals surface area (Å²) in [5.41, 5.74) is 5.51. The zero-order valence-corrected chi connectivity index (χ0v) is 10.4. The molecular formula is C9H19ClN4O2. The van der Waals surface area contributed by atoms with Crippen LogP contribution in [0.5, 0.6) is 0 Å². The zero-order valence-electron chi connectivity index (χ0n) is 9.60. The van der Waals surface area contributed by atoms with Crippen LogP contribution >= 0.6 is 12.4 Å². The molecule has 0 spiro atoms. The number of hydrogen-bond acceptors (Lipinski definition) is 4. The van der Waals surface area contributed by atoms with Crippen molar-refractivity contribution in [3.63, 3.8) is 0 Å². The predicted molar refractivity (Wildman–Crippen MR) is 63.5 cm³/mol. The summed E-state index contributed by atoms with van der Waals surface area (Å²) < 4.78 is 0. The van der Waals surface area contributed by atoms with Crippen molar-refractivity contribution in [2.75, 3.05) is 33.2 Å². The van der Waals surface area contributed by atoms with Gasteiger partial charge in [-0.2, -0.15) is 0 Å². The van der Waals surface area contributed by atoms with E-state index in [0.29, 0.717) is 19.6 Å². The van der Waals surface area contributed by atoms with Gasteiger partial charge >= 0.3 is 6.03 Å². The molecule has 0 aliphatic carbocycles. The summed E-state index contributed by atoms with van der Waals surface area (Å²) in [5.74, 6) is -0.159. The summed E-state index contributed by atoms with van der Waals surface area (Å²) in [6.45, 7) is 3.76. The lowest BCUT2D eigenvalue weighted by atomic mass is 10.3. The van der Waals surface area contributed by atoms with Crippen LogP contribution in [0.15, 0.2) is 0 Å². The molecule has 0 saturated carbocycles. The van der Waals surface area contributed by atoms with Gasteiger partial charge in [0.2, 0.25) is 5.91 Å². The van der Waals surface area contributed by atoms with Gasteiger partial charge in [-0.1, -0.05) is 0 Å². The van der Waals surface area contributed by atoms with Crippen molar-refractivity contribution in [1.82, 2.24) is 15.1 Å². The molecule has 1 aliphatic rings. The number of nitrogens with zero attached hydrogens (tertiary/aromatic N) is 2. The molecule has 16 heavy (non-hydrogen) atoms. The molecule has 1 aliphatic heterocycles. The molecule has 0 radical (unpaired) electrons. The van der Waals surface area contributed by atoms with Gasteiger partial charge in [-0.15, -0.1) is 12.4 Å². The van der Waals surface area contributed by atoms with E-state index < -0.39 is 0 Å². The van der Waals surface area contributed by atoms with Crippen LogP contribution in [0.4, 0.5) is 4.79 Å². The van der Waals surface area contributed by atoms with Gasteiger partial charge in [-0.3, -0.25) is 9.69 Å². The average molecular weight is 251 g/mol. The van der Waals surface area contributed by atoms with Gasteiger partial charge in [-0.25, -0.2) is 4.79 Å². The Labute approximate surface area is 102 Å². The largest absolute Gasteiger partial charge is 0.329 e. The molecule has 3 N–H and O–H groups in total. The SMILES string of the molecule is CC(CN)N(C)CCN1C(=O)CNC1=O.Cl. The van der Waals surface area contributed by atoms with Crippen LogP contribution < -0.4 is 11.1 Å². The lowest BCUT2D eigenvalue weighted by Crippen LogP contribution is -2.42. The van der Waals surface area contributed by atoms with Crippen molar-refractivity contribution in [3.8, 4) is 0 Å². The minimum absolute atomic E-state index is 0. The number of rotatable bonds is 5. The maximum absolute atomic E-state index is 11.2. The molecule has 1 fully saturated rings. The molecular weight excluding hydrogens is 232 g/mol. The minimum atomic E-state index is -0.297. The molecule has 1 atom stereocenters. The topological polar surface area (TPSA) is 78.7 Å². The zero-order chi connectivity index (χ0) is 11.4. The monoisotopic (exact) mass is 250 g/mol. The van der Waals surface area contributed by atoms with Gasteiger partial charge in [-0.05, 0) is 14.0 Å². The van der Waals surface area contributed by atoms with Crippen LogP contribution in [0, 0.1) is 0 Å². The number of carbonyl (C=O) groups excluding carboxylic acids is 2. The first-order valence-electron chi connectivity index (χ1n) is 5.04. The third-order valence-electron chi connectivity index (χ3n) is 2.71. The normalized spacial score (nSPS) is 17.4. The van der Waals surface area contributed by atoms with Crippen LogP contribution in [0.2, 0.25) is 0 Å². The van der Waals surface area contributed by atoms with Crippen LogP contribution in [0.1, 0.15) is 6.92 Å². The second-order valence-electron chi connectivity index (χ2n) is 3.77. The fourth-order valence-corrected chi connectivity index (χ4v) is 1.34. The van der Waals surface area contributed by atoms with Crippen molar-refractivity contribution in [3.05, 3.63) is 0 Å². The molecule has 6 nitrogen and oxygen atoms in total. The number of carbonyl (C=O) groups is 2. The van der Waals surface area contributed by atoms with E-state index >= 15 is 0 Å². The van der Waals surface area contributed by atoms with Crippen LogP contribution in [-0.2, 0) is 4.79 Å². The Morgan fingerprint density at radius 2 is 2.19 bits per heavy atom. The molecule has 94 valence electrons. The number of urea groups is 1. The van der Waals surface area contributed by atoms with Crippen molar-refractivity contribution >= 4 is 24.3 Å². The van der Waals surface area contributed by atoms with E-state index in [1.54, 1.807) is 0 Å². The number of halogens is 1. The van der Waals surface area contributed by atoms with Gasteiger partial charge in [0.15, 0.2) is 0 Å². The molecule has 1 heterocycles. The summed E-state index contributed by atoms with van der Waals surface area (Å²) in [6, 6.07) is -0.0421. The summed E-state index contributed by atoms with van der Waals surface area (Å²) >= 11 is 0. The van der Waals surface area contributed by atoms with Gasteiger partial charge in [0, 0.05) is 25.7 Å². The molecule has 1 saturated heterocycles. The van der Waals surface area contributed by atoms with E-state index in [9.17, 15) is 9.59 Å². The van der Waals surface area contributed by atoms with Gasteiger partial charge in [0.1, 0.15) is 0 Å². The molecule has 7 heteroatoms.